The molecule has 0 spiro atoms. The third kappa shape index (κ3) is 15.6. The fourth-order valence-electron chi connectivity index (χ4n) is 12.8. The molecule has 12 aromatic rings. The molecule has 0 heterocycles. The van der Waals surface area contributed by atoms with Crippen LogP contribution in [0, 0.1) is 93.5 Å². The summed E-state index contributed by atoms with van der Waals surface area (Å²) in [6.07, 6.45) is 4.37. The first-order valence-electron chi connectivity index (χ1n) is 30.2. The molecule has 12 aromatic carbocycles. The molecule has 4 heteroatoms. The second-order valence-corrected chi connectivity index (χ2v) is 24.1. The Morgan fingerprint density at radius 2 is 0.544 bits per heavy atom. The van der Waals surface area contributed by atoms with E-state index in [2.05, 4.69) is 251 Å². The Morgan fingerprint density at radius 1 is 0.267 bits per heavy atom. The molecule has 0 aromatic heterocycles. The molecule has 0 bridgehead atoms. The summed E-state index contributed by atoms with van der Waals surface area (Å²) in [6.45, 7) is 25.2. The van der Waals surface area contributed by atoms with Gasteiger partial charge in [0, 0.05) is 84.0 Å². The van der Waals surface area contributed by atoms with Crippen molar-refractivity contribution in [2.75, 3.05) is 0 Å². The van der Waals surface area contributed by atoms with Crippen molar-refractivity contribution in [3.05, 3.63) is 357 Å². The van der Waals surface area contributed by atoms with Gasteiger partial charge >= 0.3 is 18.6 Å². The quantitative estimate of drug-likeness (QED) is 0.155. The summed E-state index contributed by atoms with van der Waals surface area (Å²) in [7, 11) is 0. The van der Waals surface area contributed by atoms with Gasteiger partial charge in [-0.1, -0.05) is 147 Å². The maximum absolute atomic E-state index is 4.09. The number of benzene rings is 12. The smallest absolute Gasteiger partial charge is 0.226 e. The van der Waals surface area contributed by atoms with Gasteiger partial charge in [0.1, 0.15) is 0 Å². The molecule has 0 saturated heterocycles. The summed E-state index contributed by atoms with van der Waals surface area (Å²) < 4.78 is 0. The summed E-state index contributed by atoms with van der Waals surface area (Å²) in [4.78, 5) is 0. The molecule has 0 atom stereocenters. The van der Waals surface area contributed by atoms with E-state index in [1.54, 1.807) is 11.1 Å². The van der Waals surface area contributed by atoms with E-state index in [4.69, 9.17) is 0 Å². The van der Waals surface area contributed by atoms with Crippen LogP contribution in [0.2, 0.25) is 0 Å². The molecule has 16 rings (SSSR count). The largest absolute Gasteiger partial charge is 2.00 e. The van der Waals surface area contributed by atoms with Crippen LogP contribution in [-0.2, 0) is 128 Å². The molecule has 90 heavy (non-hydrogen) atoms. The van der Waals surface area contributed by atoms with Crippen LogP contribution in [0.1, 0.15) is 100 Å². The van der Waals surface area contributed by atoms with Crippen molar-refractivity contribution in [1.82, 2.24) is 0 Å². The molecule has 0 fully saturated rings. The van der Waals surface area contributed by atoms with Crippen LogP contribution >= 0.6 is 0 Å². The fraction of sp³-hybridized carbons (Fsp3) is 0.140. The summed E-state index contributed by atoms with van der Waals surface area (Å²) in [5.74, 6) is 0. The van der Waals surface area contributed by atoms with E-state index in [1.807, 2.05) is 60.7 Å². The minimum atomic E-state index is 0. The Labute approximate surface area is 611 Å². The molecular formula is C86H72V2Y2-4. The Morgan fingerprint density at radius 3 is 0.856 bits per heavy atom. The molecule has 0 nitrogen and oxygen atoms in total. The SMILES string of the molecule is Cc1c[c-]c(-c2[c-]cc(C)cc2)cc1.Cc1ccc2c(c1)Cc1c-2ccc2c1Cc1cc(C)ccc1-2.Cc1ccc2c(c1)Cc1cc3c(cc1-2)Cc1cc(C)ccc1-3.[CH2-]c1cc(C)ccc1-c1ccc(C)cc1[CH2-].[V+2].[V].[Y].[Y].[c-]1ccccc1-c1[c-]cccc1. The number of hydrogen-bond acceptors (Lipinski definition) is 0. The zero-order valence-corrected chi connectivity index (χ0v) is 61.5. The van der Waals surface area contributed by atoms with Crippen LogP contribution in [0.4, 0.5) is 0 Å². The Kier molecular flexibility index (Phi) is 23.9. The third-order valence-corrected chi connectivity index (χ3v) is 17.2. The summed E-state index contributed by atoms with van der Waals surface area (Å²) >= 11 is 0. The topological polar surface area (TPSA) is 0 Å². The van der Waals surface area contributed by atoms with Crippen LogP contribution in [0.5, 0.6) is 0 Å². The average molecular weight is 1390 g/mol. The van der Waals surface area contributed by atoms with Gasteiger partial charge in [0.25, 0.3) is 0 Å². The molecule has 4 radical (unpaired) electrons. The van der Waals surface area contributed by atoms with Gasteiger partial charge in [0.05, 0.1) is 0 Å². The number of hydrogen-bond donors (Lipinski definition) is 0. The van der Waals surface area contributed by atoms with E-state index in [-0.39, 0.29) is 103 Å². The summed E-state index contributed by atoms with van der Waals surface area (Å²) in [6, 6.07) is 90.8. The first kappa shape index (κ1) is 69.6. The molecule has 0 N–H and O–H groups in total. The van der Waals surface area contributed by atoms with Crippen molar-refractivity contribution >= 4 is 0 Å². The third-order valence-electron chi connectivity index (χ3n) is 17.2. The molecule has 0 saturated carbocycles. The van der Waals surface area contributed by atoms with Crippen LogP contribution in [0.3, 0.4) is 0 Å². The van der Waals surface area contributed by atoms with Crippen LogP contribution in [0.15, 0.2) is 218 Å². The molecule has 436 valence electrons. The van der Waals surface area contributed by atoms with Crippen LogP contribution < -0.4 is 0 Å². The molecule has 0 amide bonds. The standard InChI is InChI=1S/2C22H18.C16H16.C14H12.C12H8.2V.2Y/c1-13-3-5-19-15(7-13)9-17-11-22-18(12-21(17)19)10-16-8-14(2)4-6-20(16)22;1-13-3-5-17-15(9-13)11-21-19(17)7-8-20-18-6-4-14(2)10-16(18)12-22(20)21;1-11-5-7-15(13(3)9-11)16-8-6-12(2)10-14(16)4;1-11-3-7-13(8-4-11)14-9-5-12(2)6-10-14;1-3-7-11(8-4-1)12-9-5-2-6-10-12;;;;/h3-8,11-12H,9-10H2,1-2H3;3-10H,11-12H2,1-2H3;5-10H,3-4H2,1-2H3;3-7,9H,1-2H3;1-7,9H;;;;/q;;3*-2;;+2;;. The van der Waals surface area contributed by atoms with E-state index in [1.165, 1.54) is 134 Å². The van der Waals surface area contributed by atoms with Gasteiger partial charge in [-0.15, -0.1) is 46.5 Å². The summed E-state index contributed by atoms with van der Waals surface area (Å²) in [5.41, 5.74) is 43.0. The van der Waals surface area contributed by atoms with E-state index in [0.29, 0.717) is 0 Å². The molecule has 0 aliphatic heterocycles. The Hall–Kier alpha value is -6.24. The number of fused-ring (bicyclic) bond motifs is 13. The molecular weight excluding hydrogens is 1310 g/mol. The first-order valence-corrected chi connectivity index (χ1v) is 30.2. The monoisotopic (exact) mass is 1380 g/mol. The van der Waals surface area contributed by atoms with Crippen molar-refractivity contribution in [1.29, 1.82) is 0 Å². The van der Waals surface area contributed by atoms with E-state index in [0.717, 1.165) is 59.1 Å². The van der Waals surface area contributed by atoms with Crippen molar-refractivity contribution in [3.63, 3.8) is 0 Å². The van der Waals surface area contributed by atoms with Crippen LogP contribution in [0.25, 0.3) is 77.9 Å². The zero-order chi connectivity index (χ0) is 59.6. The second-order valence-electron chi connectivity index (χ2n) is 24.1. The Bertz CT molecular complexity index is 4180. The first-order chi connectivity index (χ1) is 41.7. The molecule has 4 aliphatic rings. The van der Waals surface area contributed by atoms with Crippen molar-refractivity contribution in [2.45, 2.75) is 81.1 Å². The summed E-state index contributed by atoms with van der Waals surface area (Å²) in [5, 5.41) is 0. The molecule has 4 aliphatic carbocycles. The Balaban J connectivity index is 0.000000146. The van der Waals surface area contributed by atoms with Gasteiger partial charge in [-0.3, -0.25) is 0 Å². The van der Waals surface area contributed by atoms with Gasteiger partial charge in [-0.2, -0.15) is 145 Å². The van der Waals surface area contributed by atoms with Gasteiger partial charge in [-0.25, -0.2) is 22.3 Å². The van der Waals surface area contributed by atoms with Crippen LogP contribution in [-0.4, -0.2) is 0 Å². The van der Waals surface area contributed by atoms with E-state index >= 15 is 0 Å². The minimum Gasteiger partial charge on any atom is -0.226 e. The van der Waals surface area contributed by atoms with Crippen molar-refractivity contribution in [3.8, 4) is 77.9 Å². The van der Waals surface area contributed by atoms with Gasteiger partial charge < -0.3 is 0 Å². The predicted molar refractivity (Wildman–Crippen MR) is 364 cm³/mol. The van der Waals surface area contributed by atoms with Gasteiger partial charge in [0.2, 0.25) is 0 Å². The van der Waals surface area contributed by atoms with E-state index < -0.39 is 0 Å². The minimum absolute atomic E-state index is 0. The number of rotatable bonds is 3. The van der Waals surface area contributed by atoms with Gasteiger partial charge in [0.15, 0.2) is 0 Å². The normalized spacial score (nSPS) is 11.3. The predicted octanol–water partition coefficient (Wildman–Crippen LogP) is 21.7. The zero-order valence-electron chi connectivity index (χ0n) is 53.1. The number of aryl methyl sites for hydroxylation is 8. The second kappa shape index (κ2) is 30.9. The maximum Gasteiger partial charge on any atom is 2.00 e. The van der Waals surface area contributed by atoms with Crippen molar-refractivity contribution < 1.29 is 103 Å². The van der Waals surface area contributed by atoms with Crippen molar-refractivity contribution in [2.24, 2.45) is 0 Å². The maximum atomic E-state index is 4.09. The van der Waals surface area contributed by atoms with E-state index in [9.17, 15) is 0 Å². The molecule has 0 unspecified atom stereocenters. The average Bonchev–Trinajstić information content (AvgIpc) is 1.65. The van der Waals surface area contributed by atoms with Gasteiger partial charge in [-0.05, 0) is 155 Å². The fourth-order valence-corrected chi connectivity index (χ4v) is 12.8.